The second-order valence-corrected chi connectivity index (χ2v) is 15.8. The normalized spacial score (nSPS) is 20.2. The molecule has 12 heteroatoms. The lowest BCUT2D eigenvalue weighted by atomic mass is 9.80. The molecule has 0 spiro atoms. The van der Waals surface area contributed by atoms with Gasteiger partial charge in [0, 0.05) is 45.9 Å². The molecule has 2 N–H and O–H groups in total. The SMILES string of the molecule is CCC(C(=O)O)C([C@@H]1C[C@H](c2ccc(COCCOC)cc2)[C@@H](OCc2ccc3c(c2)N(CCCOC)CCO3)CN1)S(=O)(=O)c1ccc(C)cc1. The number of methoxy groups -OCH3 is 2. The summed E-state index contributed by atoms with van der Waals surface area (Å²) in [4.78, 5) is 15.1. The van der Waals surface area contributed by atoms with Gasteiger partial charge in [-0.25, -0.2) is 8.42 Å². The molecule has 2 aliphatic heterocycles. The van der Waals surface area contributed by atoms with Crippen LogP contribution in [0.5, 0.6) is 5.75 Å². The van der Waals surface area contributed by atoms with Gasteiger partial charge in [0.2, 0.25) is 0 Å². The molecule has 11 nitrogen and oxygen atoms in total. The summed E-state index contributed by atoms with van der Waals surface area (Å²) >= 11 is 0. The first-order valence-corrected chi connectivity index (χ1v) is 19.7. The maximum Gasteiger partial charge on any atom is 0.307 e. The van der Waals surface area contributed by atoms with E-state index in [0.717, 1.165) is 53.2 Å². The standard InChI is InChI=1S/C40H54N2O9S/c1-5-33(40(43)44)39(52(45,46)32-14-7-28(2)8-15-32)35-24-34(31-12-9-29(10-13-31)26-49-22-21-48-4)38(25-41-35)51-27-30-11-16-37-36(23-30)42(18-20-50-37)17-6-19-47-3/h7-16,23,33-35,38-39,41H,5-6,17-22,24-27H2,1-4H3,(H,43,44)/t33?,34-,35+,38+,39?/m1/s1. The number of hydrogen-bond donors (Lipinski definition) is 2. The van der Waals surface area contributed by atoms with Gasteiger partial charge < -0.3 is 39.0 Å². The molecule has 5 rings (SSSR count). The molecule has 0 aromatic heterocycles. The van der Waals surface area contributed by atoms with Crippen molar-refractivity contribution in [2.45, 2.75) is 74.5 Å². The van der Waals surface area contributed by atoms with E-state index < -0.39 is 33.0 Å². The van der Waals surface area contributed by atoms with E-state index in [1.807, 2.05) is 43.3 Å². The summed E-state index contributed by atoms with van der Waals surface area (Å²) in [6, 6.07) is 20.3. The number of benzene rings is 3. The van der Waals surface area contributed by atoms with Gasteiger partial charge >= 0.3 is 5.97 Å². The number of carboxylic acids is 1. The van der Waals surface area contributed by atoms with Crippen LogP contribution in [0.1, 0.15) is 54.4 Å². The molecule has 3 aromatic carbocycles. The van der Waals surface area contributed by atoms with Crippen molar-refractivity contribution in [2.24, 2.45) is 5.92 Å². The molecule has 0 aliphatic carbocycles. The minimum atomic E-state index is -4.03. The Morgan fingerprint density at radius 1 is 0.981 bits per heavy atom. The van der Waals surface area contributed by atoms with E-state index in [9.17, 15) is 18.3 Å². The first-order chi connectivity index (χ1) is 25.2. The molecule has 2 unspecified atom stereocenters. The summed E-state index contributed by atoms with van der Waals surface area (Å²) in [5.41, 5.74) is 4.96. The van der Waals surface area contributed by atoms with Crippen LogP contribution in [-0.4, -0.2) is 97.2 Å². The summed E-state index contributed by atoms with van der Waals surface area (Å²) in [6.07, 6.45) is 1.15. The molecule has 0 radical (unpaired) electrons. The van der Waals surface area contributed by atoms with E-state index in [1.165, 1.54) is 0 Å². The van der Waals surface area contributed by atoms with E-state index in [4.69, 9.17) is 23.7 Å². The van der Waals surface area contributed by atoms with Crippen LogP contribution < -0.4 is 15.0 Å². The highest BCUT2D eigenvalue weighted by atomic mass is 32.2. The predicted molar refractivity (Wildman–Crippen MR) is 200 cm³/mol. The molecule has 284 valence electrons. The molecule has 52 heavy (non-hydrogen) atoms. The molecular formula is C40H54N2O9S. The number of rotatable bonds is 19. The fourth-order valence-corrected chi connectivity index (χ4v) is 9.49. The molecule has 1 saturated heterocycles. The Balaban J connectivity index is 1.41. The molecule has 5 atom stereocenters. The van der Waals surface area contributed by atoms with Gasteiger partial charge in [0.15, 0.2) is 9.84 Å². The summed E-state index contributed by atoms with van der Waals surface area (Å²) in [7, 11) is -0.684. The number of sulfone groups is 1. The molecule has 3 aromatic rings. The zero-order valence-corrected chi connectivity index (χ0v) is 31.6. The third-order valence-corrected chi connectivity index (χ3v) is 12.4. The van der Waals surface area contributed by atoms with Gasteiger partial charge in [0.25, 0.3) is 0 Å². The zero-order chi connectivity index (χ0) is 37.1. The number of anilines is 1. The lowest BCUT2D eigenvalue weighted by Gasteiger charge is -2.41. The van der Waals surface area contributed by atoms with Crippen LogP contribution in [0, 0.1) is 12.8 Å². The minimum absolute atomic E-state index is 0.130. The Morgan fingerprint density at radius 2 is 1.71 bits per heavy atom. The fraction of sp³-hybridized carbons (Fsp3) is 0.525. The number of nitrogens with zero attached hydrogens (tertiary/aromatic N) is 1. The van der Waals surface area contributed by atoms with Crippen LogP contribution in [0.3, 0.4) is 0 Å². The van der Waals surface area contributed by atoms with Crippen LogP contribution in [0.4, 0.5) is 5.69 Å². The number of hydrogen-bond acceptors (Lipinski definition) is 10. The Bertz CT molecular complexity index is 1680. The third kappa shape index (κ3) is 9.91. The van der Waals surface area contributed by atoms with E-state index in [-0.39, 0.29) is 23.3 Å². The van der Waals surface area contributed by atoms with Crippen molar-refractivity contribution < 1.29 is 42.0 Å². The highest BCUT2D eigenvalue weighted by molar-refractivity contribution is 7.92. The first-order valence-electron chi connectivity index (χ1n) is 18.2. The number of aryl methyl sites for hydroxylation is 1. The summed E-state index contributed by atoms with van der Waals surface area (Å²) < 4.78 is 57.4. The van der Waals surface area contributed by atoms with Crippen molar-refractivity contribution in [2.75, 3.05) is 65.2 Å². The van der Waals surface area contributed by atoms with E-state index >= 15 is 0 Å². The van der Waals surface area contributed by atoms with Crippen LogP contribution in [0.25, 0.3) is 0 Å². The van der Waals surface area contributed by atoms with Gasteiger partial charge in [-0.1, -0.05) is 55.0 Å². The first kappa shape index (κ1) is 39.7. The number of fused-ring (bicyclic) bond motifs is 1. The lowest BCUT2D eigenvalue weighted by molar-refractivity contribution is -0.142. The molecular weight excluding hydrogens is 685 g/mol. The smallest absolute Gasteiger partial charge is 0.307 e. The van der Waals surface area contributed by atoms with Crippen LogP contribution in [0.15, 0.2) is 71.6 Å². The lowest BCUT2D eigenvalue weighted by Crippen LogP contribution is -2.56. The highest BCUT2D eigenvalue weighted by Crippen LogP contribution is 2.38. The average molecular weight is 739 g/mol. The van der Waals surface area contributed by atoms with Crippen molar-refractivity contribution >= 4 is 21.5 Å². The third-order valence-electron chi connectivity index (χ3n) is 10.1. The van der Waals surface area contributed by atoms with Gasteiger partial charge in [-0.2, -0.15) is 0 Å². The molecule has 0 amide bonds. The maximum atomic E-state index is 14.3. The largest absolute Gasteiger partial charge is 0.490 e. The number of ether oxygens (including phenoxy) is 5. The number of piperidine rings is 1. The number of nitrogens with one attached hydrogen (secondary N) is 1. The van der Waals surface area contributed by atoms with Crippen molar-refractivity contribution in [3.63, 3.8) is 0 Å². The van der Waals surface area contributed by atoms with Crippen molar-refractivity contribution in [3.8, 4) is 5.75 Å². The van der Waals surface area contributed by atoms with E-state index in [2.05, 4.69) is 16.3 Å². The van der Waals surface area contributed by atoms with Crippen LogP contribution in [-0.2, 0) is 46.8 Å². The summed E-state index contributed by atoms with van der Waals surface area (Å²) in [6.45, 7) is 8.74. The number of carboxylic acid groups (broad SMARTS) is 1. The van der Waals surface area contributed by atoms with Gasteiger partial charge in [0.05, 0.1) is 60.8 Å². The Labute approximate surface area is 308 Å². The fourth-order valence-electron chi connectivity index (χ4n) is 7.28. The van der Waals surface area contributed by atoms with Gasteiger partial charge in [-0.05, 0) is 67.1 Å². The zero-order valence-electron chi connectivity index (χ0n) is 30.8. The molecule has 0 saturated carbocycles. The topological polar surface area (TPSA) is 133 Å². The summed E-state index contributed by atoms with van der Waals surface area (Å²) in [5, 5.41) is 12.6. The molecule has 0 bridgehead atoms. The second-order valence-electron chi connectivity index (χ2n) is 13.7. The minimum Gasteiger partial charge on any atom is -0.490 e. The maximum absolute atomic E-state index is 14.3. The molecule has 1 fully saturated rings. The number of aliphatic carboxylic acids is 1. The summed E-state index contributed by atoms with van der Waals surface area (Å²) in [5.74, 6) is -1.57. The average Bonchev–Trinajstić information content (AvgIpc) is 3.15. The monoisotopic (exact) mass is 738 g/mol. The second kappa shape index (κ2) is 19.0. The van der Waals surface area contributed by atoms with Crippen molar-refractivity contribution in [1.82, 2.24) is 5.32 Å². The van der Waals surface area contributed by atoms with Crippen LogP contribution in [0.2, 0.25) is 0 Å². The van der Waals surface area contributed by atoms with Gasteiger partial charge in [-0.15, -0.1) is 0 Å². The van der Waals surface area contributed by atoms with Gasteiger partial charge in [0.1, 0.15) is 12.4 Å². The Hall–Kier alpha value is -3.52. The van der Waals surface area contributed by atoms with E-state index in [1.54, 1.807) is 45.4 Å². The quantitative estimate of drug-likeness (QED) is 0.154. The van der Waals surface area contributed by atoms with Crippen molar-refractivity contribution in [1.29, 1.82) is 0 Å². The molecule has 2 aliphatic rings. The van der Waals surface area contributed by atoms with E-state index in [0.29, 0.717) is 52.6 Å². The van der Waals surface area contributed by atoms with Crippen molar-refractivity contribution in [3.05, 3.63) is 89.0 Å². The van der Waals surface area contributed by atoms with Gasteiger partial charge in [-0.3, -0.25) is 4.79 Å². The predicted octanol–water partition coefficient (Wildman–Crippen LogP) is 5.38. The highest BCUT2D eigenvalue weighted by Gasteiger charge is 2.47. The molecule has 2 heterocycles. The Kier molecular flexibility index (Phi) is 14.5. The Morgan fingerprint density at radius 3 is 2.40 bits per heavy atom. The number of carbonyl (C=O) groups is 1. The van der Waals surface area contributed by atoms with Crippen LogP contribution >= 0.6 is 0 Å².